The Morgan fingerprint density at radius 3 is 1.67 bits per heavy atom. The van der Waals surface area contributed by atoms with Crippen molar-refractivity contribution in [2.24, 2.45) is 0 Å². The average Bonchev–Trinajstić information content (AvgIpc) is 3.10. The van der Waals surface area contributed by atoms with E-state index >= 15 is 0 Å². The number of hydrogen-bond acceptors (Lipinski definition) is 8. The number of amides is 1. The molecule has 0 aromatic carbocycles. The summed E-state index contributed by atoms with van der Waals surface area (Å²) in [6.45, 7) is 2.50. The van der Waals surface area contributed by atoms with Crippen molar-refractivity contribution in [1.29, 1.82) is 0 Å². The van der Waals surface area contributed by atoms with Gasteiger partial charge < -0.3 is 25.2 Å². The number of ether oxygens (including phenoxy) is 1. The van der Waals surface area contributed by atoms with Gasteiger partial charge in [0.1, 0.15) is 12.7 Å². The van der Waals surface area contributed by atoms with E-state index in [0.29, 0.717) is 12.8 Å². The van der Waals surface area contributed by atoms with Crippen molar-refractivity contribution in [3.8, 4) is 0 Å². The van der Waals surface area contributed by atoms with Crippen molar-refractivity contribution in [2.45, 2.75) is 187 Å². The Kier molecular flexibility index (Phi) is 33.6. The number of phosphoric acid groups is 1. The molecule has 4 N–H and O–H groups in total. The number of unbranched alkanes of at least 4 members (excludes halogenated alkanes) is 19. The van der Waals surface area contributed by atoms with E-state index in [9.17, 15) is 34.1 Å². The molecule has 0 heterocycles. The van der Waals surface area contributed by atoms with Gasteiger partial charge in [0, 0.05) is 12.8 Å². The molecular formula is C39H72NO10P. The van der Waals surface area contributed by atoms with Crippen molar-refractivity contribution in [3.63, 3.8) is 0 Å². The van der Waals surface area contributed by atoms with Crippen molar-refractivity contribution in [1.82, 2.24) is 5.32 Å². The number of rotatable bonds is 37. The third kappa shape index (κ3) is 34.8. The van der Waals surface area contributed by atoms with E-state index < -0.39 is 57.6 Å². The molecule has 11 nitrogen and oxygen atoms in total. The van der Waals surface area contributed by atoms with Gasteiger partial charge in [0.15, 0.2) is 6.04 Å². The highest BCUT2D eigenvalue weighted by Gasteiger charge is 2.28. The second-order valence-electron chi connectivity index (χ2n) is 13.5. The molecule has 0 aliphatic heterocycles. The molecule has 0 rings (SSSR count). The number of nitrogens with one attached hydrogen (secondary N) is 1. The van der Waals surface area contributed by atoms with Crippen LogP contribution in [0.2, 0.25) is 0 Å². The number of carboxylic acids is 1. The largest absolute Gasteiger partial charge is 0.480 e. The highest BCUT2D eigenvalue weighted by molar-refractivity contribution is 7.47. The Morgan fingerprint density at radius 2 is 1.12 bits per heavy atom. The summed E-state index contributed by atoms with van der Waals surface area (Å²) in [7, 11) is -4.75. The summed E-state index contributed by atoms with van der Waals surface area (Å²) < 4.78 is 26.7. The summed E-state index contributed by atoms with van der Waals surface area (Å²) in [6, 6.07) is -1.55. The summed E-state index contributed by atoms with van der Waals surface area (Å²) in [5, 5.41) is 21.7. The minimum absolute atomic E-state index is 0.130. The molecule has 0 spiro atoms. The van der Waals surface area contributed by atoms with Crippen LogP contribution in [0.5, 0.6) is 0 Å². The van der Waals surface area contributed by atoms with Gasteiger partial charge >= 0.3 is 19.8 Å². The van der Waals surface area contributed by atoms with Gasteiger partial charge in [-0.3, -0.25) is 18.6 Å². The van der Waals surface area contributed by atoms with Gasteiger partial charge in [-0.15, -0.1) is 0 Å². The lowest BCUT2D eigenvalue weighted by Gasteiger charge is -2.18. The monoisotopic (exact) mass is 745 g/mol. The predicted molar refractivity (Wildman–Crippen MR) is 203 cm³/mol. The van der Waals surface area contributed by atoms with E-state index in [4.69, 9.17) is 13.8 Å². The van der Waals surface area contributed by atoms with Gasteiger partial charge in [-0.05, 0) is 38.5 Å². The molecule has 0 aliphatic rings. The summed E-state index contributed by atoms with van der Waals surface area (Å²) in [4.78, 5) is 45.7. The lowest BCUT2D eigenvalue weighted by Crippen LogP contribution is -2.43. The Bertz CT molecular complexity index is 974. The van der Waals surface area contributed by atoms with Crippen LogP contribution in [0, 0.1) is 0 Å². The van der Waals surface area contributed by atoms with Crippen LogP contribution in [0.4, 0.5) is 0 Å². The first-order valence-corrected chi connectivity index (χ1v) is 21.4. The molecule has 51 heavy (non-hydrogen) atoms. The third-order valence-electron chi connectivity index (χ3n) is 8.47. The van der Waals surface area contributed by atoms with Crippen LogP contribution in [0.15, 0.2) is 24.3 Å². The normalized spacial score (nSPS) is 14.1. The minimum atomic E-state index is -4.75. The highest BCUT2D eigenvalue weighted by Crippen LogP contribution is 2.43. The second-order valence-corrected chi connectivity index (χ2v) is 14.9. The van der Waals surface area contributed by atoms with Crippen LogP contribution < -0.4 is 5.32 Å². The summed E-state index contributed by atoms with van der Waals surface area (Å²) >= 11 is 0. The quantitative estimate of drug-likeness (QED) is 0.0208. The van der Waals surface area contributed by atoms with E-state index in [1.807, 2.05) is 0 Å². The fraction of sp³-hybridized carbons (Fsp3) is 0.821. The van der Waals surface area contributed by atoms with E-state index in [1.165, 1.54) is 64.2 Å². The first-order valence-electron chi connectivity index (χ1n) is 19.9. The maximum atomic E-state index is 12.2. The number of carboxylic acid groups (broad SMARTS) is 1. The molecule has 0 bridgehead atoms. The molecule has 0 radical (unpaired) electrons. The number of aliphatic hydroxyl groups excluding tert-OH is 1. The number of carbonyl (C=O) groups excluding carboxylic acids is 2. The highest BCUT2D eigenvalue weighted by atomic mass is 31.2. The van der Waals surface area contributed by atoms with Crippen LogP contribution in [0.1, 0.15) is 174 Å². The maximum absolute atomic E-state index is 12.2. The van der Waals surface area contributed by atoms with E-state index in [0.717, 1.165) is 70.6 Å². The lowest BCUT2D eigenvalue weighted by atomic mass is 10.0. The van der Waals surface area contributed by atoms with E-state index in [-0.39, 0.29) is 12.8 Å². The van der Waals surface area contributed by atoms with Crippen LogP contribution in [-0.4, -0.2) is 64.9 Å². The molecule has 0 saturated heterocycles. The fourth-order valence-corrected chi connectivity index (χ4v) is 6.12. The molecule has 298 valence electrons. The minimum Gasteiger partial charge on any atom is -0.480 e. The number of aliphatic hydroxyl groups is 1. The van der Waals surface area contributed by atoms with Gasteiger partial charge in [-0.1, -0.05) is 147 Å². The second kappa shape index (κ2) is 35.0. The number of aliphatic carboxylic acids is 1. The Hall–Kier alpha value is -2.04. The third-order valence-corrected chi connectivity index (χ3v) is 9.43. The molecule has 0 aromatic heterocycles. The van der Waals surface area contributed by atoms with Gasteiger partial charge in [0.05, 0.1) is 13.2 Å². The maximum Gasteiger partial charge on any atom is 0.472 e. The fourth-order valence-electron chi connectivity index (χ4n) is 5.35. The first-order chi connectivity index (χ1) is 24.6. The smallest absolute Gasteiger partial charge is 0.472 e. The lowest BCUT2D eigenvalue weighted by molar-refractivity contribution is -0.147. The Labute approximate surface area is 309 Å². The van der Waals surface area contributed by atoms with Gasteiger partial charge in [0.25, 0.3) is 0 Å². The molecule has 3 atom stereocenters. The topological polar surface area (TPSA) is 169 Å². The number of phosphoric ester groups is 1. The first kappa shape index (κ1) is 49.0. The summed E-state index contributed by atoms with van der Waals surface area (Å²) in [5.41, 5.74) is 0. The standard InChI is InChI=1S/C39H72NO10P/c1-3-5-7-9-11-13-15-17-19-21-23-25-27-29-31-38(43)48-32-35(41)33-49-51(46,47)50-34-36(39(44)45)40-37(42)30-28-26-24-22-20-18-16-14-12-10-8-6-4-2/h8,10,14,16,35-36,41H,3-7,9,11-13,15,17-34H2,1-2H3,(H,40,42)(H,44,45)(H,46,47)/b10-8-,16-14-. The predicted octanol–water partition coefficient (Wildman–Crippen LogP) is 9.50. The molecule has 1 amide bonds. The molecule has 3 unspecified atom stereocenters. The van der Waals surface area contributed by atoms with Crippen LogP contribution in [0.25, 0.3) is 0 Å². The van der Waals surface area contributed by atoms with Gasteiger partial charge in [-0.25, -0.2) is 9.36 Å². The van der Waals surface area contributed by atoms with Crippen molar-refractivity contribution in [2.75, 3.05) is 19.8 Å². The number of allylic oxidation sites excluding steroid dienone is 4. The van der Waals surface area contributed by atoms with Crippen molar-refractivity contribution in [3.05, 3.63) is 24.3 Å². The summed E-state index contributed by atoms with van der Waals surface area (Å²) in [5.74, 6) is -2.39. The molecule has 0 saturated carbocycles. The number of carbonyl (C=O) groups is 3. The van der Waals surface area contributed by atoms with E-state index in [2.05, 4.69) is 43.5 Å². The zero-order valence-electron chi connectivity index (χ0n) is 31.9. The zero-order chi connectivity index (χ0) is 37.8. The molecule has 0 fully saturated rings. The molecule has 12 heteroatoms. The van der Waals surface area contributed by atoms with Crippen LogP contribution in [-0.2, 0) is 32.7 Å². The molecule has 0 aromatic rings. The van der Waals surface area contributed by atoms with Crippen molar-refractivity contribution >= 4 is 25.7 Å². The Morgan fingerprint density at radius 1 is 0.627 bits per heavy atom. The average molecular weight is 746 g/mol. The number of hydrogen-bond donors (Lipinski definition) is 4. The van der Waals surface area contributed by atoms with Crippen molar-refractivity contribution < 1.29 is 47.8 Å². The summed E-state index contributed by atoms with van der Waals surface area (Å²) in [6.07, 6.45) is 33.5. The number of esters is 1. The zero-order valence-corrected chi connectivity index (χ0v) is 32.8. The van der Waals surface area contributed by atoms with Gasteiger partial charge in [0.2, 0.25) is 5.91 Å². The Balaban J connectivity index is 3.95. The SMILES string of the molecule is CCC/C=C\C/C=C\CCCCCCCC(=O)NC(COP(=O)(O)OCC(O)COC(=O)CCCCCCCCCCCCCCCC)C(=O)O. The molecular weight excluding hydrogens is 673 g/mol. The molecule has 0 aliphatic carbocycles. The van der Waals surface area contributed by atoms with E-state index in [1.54, 1.807) is 0 Å². The van der Waals surface area contributed by atoms with Crippen LogP contribution >= 0.6 is 7.82 Å². The van der Waals surface area contributed by atoms with Crippen LogP contribution in [0.3, 0.4) is 0 Å². The van der Waals surface area contributed by atoms with Gasteiger partial charge in [-0.2, -0.15) is 0 Å².